The van der Waals surface area contributed by atoms with E-state index in [0.717, 1.165) is 12.3 Å². The van der Waals surface area contributed by atoms with Gasteiger partial charge in [-0.05, 0) is 26.8 Å². The Hall–Kier alpha value is -2.95. The van der Waals surface area contributed by atoms with Crippen molar-refractivity contribution in [3.63, 3.8) is 0 Å². The van der Waals surface area contributed by atoms with E-state index >= 15 is 0 Å². The van der Waals surface area contributed by atoms with E-state index in [2.05, 4.69) is 15.2 Å². The van der Waals surface area contributed by atoms with Crippen molar-refractivity contribution in [2.75, 3.05) is 13.1 Å². The van der Waals surface area contributed by atoms with Crippen LogP contribution in [0.5, 0.6) is 0 Å². The van der Waals surface area contributed by atoms with Crippen molar-refractivity contribution in [3.05, 3.63) is 35.4 Å². The van der Waals surface area contributed by atoms with Crippen molar-refractivity contribution >= 4 is 11.6 Å². The first kappa shape index (κ1) is 20.3. The smallest absolute Gasteiger partial charge is 0.372 e. The van der Waals surface area contributed by atoms with E-state index < -0.39 is 17.8 Å². The van der Waals surface area contributed by atoms with Crippen molar-refractivity contribution in [2.24, 2.45) is 7.05 Å². The van der Waals surface area contributed by atoms with E-state index in [1.165, 1.54) is 4.68 Å². The van der Waals surface area contributed by atoms with Crippen LogP contribution in [0.1, 0.15) is 35.6 Å². The Labute approximate surface area is 170 Å². The Morgan fingerprint density at radius 3 is 2.47 bits per heavy atom. The van der Waals surface area contributed by atoms with Gasteiger partial charge in [-0.3, -0.25) is 9.48 Å². The van der Waals surface area contributed by atoms with E-state index in [-0.39, 0.29) is 29.1 Å². The van der Waals surface area contributed by atoms with Crippen LogP contribution in [0, 0.1) is 6.92 Å². The van der Waals surface area contributed by atoms with Crippen LogP contribution >= 0.6 is 0 Å². The van der Waals surface area contributed by atoms with Crippen molar-refractivity contribution in [1.82, 2.24) is 29.3 Å². The highest BCUT2D eigenvalue weighted by Crippen LogP contribution is 2.33. The van der Waals surface area contributed by atoms with Crippen molar-refractivity contribution < 1.29 is 22.7 Å². The number of aryl methyl sites for hydroxylation is 2. The van der Waals surface area contributed by atoms with Gasteiger partial charge in [0.2, 0.25) is 0 Å². The lowest BCUT2D eigenvalue weighted by Crippen LogP contribution is -2.48. The van der Waals surface area contributed by atoms with Gasteiger partial charge in [-0.25, -0.2) is 9.50 Å². The summed E-state index contributed by atoms with van der Waals surface area (Å²) in [6.45, 7) is 6.06. The lowest BCUT2D eigenvalue weighted by molar-refractivity contribution is -0.142. The van der Waals surface area contributed by atoms with Gasteiger partial charge in [-0.2, -0.15) is 23.4 Å². The fourth-order valence-corrected chi connectivity index (χ4v) is 3.82. The van der Waals surface area contributed by atoms with Gasteiger partial charge in [-0.1, -0.05) is 0 Å². The molecule has 4 heterocycles. The van der Waals surface area contributed by atoms with Crippen LogP contribution < -0.4 is 0 Å². The van der Waals surface area contributed by atoms with Crippen LogP contribution in [0.3, 0.4) is 0 Å². The molecule has 0 saturated carbocycles. The molecule has 1 saturated heterocycles. The van der Waals surface area contributed by atoms with E-state index in [4.69, 9.17) is 4.74 Å². The van der Waals surface area contributed by atoms with E-state index in [1.807, 2.05) is 13.8 Å². The number of nitrogens with zero attached hydrogens (tertiary/aromatic N) is 6. The fourth-order valence-electron chi connectivity index (χ4n) is 3.82. The number of fused-ring (bicyclic) bond motifs is 1. The molecule has 1 amide bonds. The maximum atomic E-state index is 13.8. The summed E-state index contributed by atoms with van der Waals surface area (Å²) in [5, 5.41) is 8.01. The molecule has 1 aliphatic heterocycles. The molecule has 0 aromatic carbocycles. The number of hydrogen-bond acceptors (Lipinski definition) is 5. The normalized spacial score (nSPS) is 20.2. The predicted molar refractivity (Wildman–Crippen MR) is 101 cm³/mol. The minimum Gasteiger partial charge on any atom is -0.372 e. The number of carbonyl (C=O) groups is 1. The van der Waals surface area contributed by atoms with Crippen molar-refractivity contribution in [3.8, 4) is 11.3 Å². The third-order valence-corrected chi connectivity index (χ3v) is 4.99. The van der Waals surface area contributed by atoms with Crippen LogP contribution in [0.15, 0.2) is 18.5 Å². The van der Waals surface area contributed by atoms with E-state index in [9.17, 15) is 18.0 Å². The number of amides is 1. The molecule has 0 radical (unpaired) electrons. The zero-order valence-electron chi connectivity index (χ0n) is 16.9. The van der Waals surface area contributed by atoms with Crippen LogP contribution in [0.2, 0.25) is 0 Å². The number of carbonyl (C=O) groups excluding carboxylic acids is 1. The first-order valence-corrected chi connectivity index (χ1v) is 9.46. The molecular weight excluding hydrogens is 401 g/mol. The maximum absolute atomic E-state index is 13.8. The quantitative estimate of drug-likeness (QED) is 0.635. The maximum Gasteiger partial charge on any atom is 0.433 e. The first-order valence-electron chi connectivity index (χ1n) is 9.46. The second-order valence-corrected chi connectivity index (χ2v) is 7.59. The zero-order chi connectivity index (χ0) is 21.8. The number of halogens is 3. The first-order chi connectivity index (χ1) is 14.0. The SMILES string of the molecule is Cc1nn(C)cc1-c1cc(C(F)(F)F)n2ncc(C(=O)N3CC(C)OC(C)C3)c2n1. The van der Waals surface area contributed by atoms with Gasteiger partial charge in [-0.15, -0.1) is 0 Å². The van der Waals surface area contributed by atoms with Crippen LogP contribution in [-0.2, 0) is 18.0 Å². The summed E-state index contributed by atoms with van der Waals surface area (Å²) in [4.78, 5) is 19.1. The van der Waals surface area contributed by atoms with Crippen molar-refractivity contribution in [1.29, 1.82) is 0 Å². The summed E-state index contributed by atoms with van der Waals surface area (Å²) >= 11 is 0. The molecule has 0 N–H and O–H groups in total. The molecule has 3 aromatic rings. The lowest BCUT2D eigenvalue weighted by Gasteiger charge is -2.35. The molecule has 160 valence electrons. The molecule has 1 fully saturated rings. The van der Waals surface area contributed by atoms with Gasteiger partial charge < -0.3 is 9.64 Å². The Kier molecular flexibility index (Phi) is 4.80. The highest BCUT2D eigenvalue weighted by atomic mass is 19.4. The van der Waals surface area contributed by atoms with Crippen LogP contribution in [0.25, 0.3) is 16.9 Å². The summed E-state index contributed by atoms with van der Waals surface area (Å²) in [6, 6.07) is 0.928. The number of rotatable bonds is 2. The van der Waals surface area contributed by atoms with E-state index in [1.54, 1.807) is 25.1 Å². The summed E-state index contributed by atoms with van der Waals surface area (Å²) in [5.41, 5.74) is -0.0540. The van der Waals surface area contributed by atoms with Gasteiger partial charge >= 0.3 is 6.18 Å². The van der Waals surface area contributed by atoms with Gasteiger partial charge in [0.15, 0.2) is 11.3 Å². The monoisotopic (exact) mass is 422 g/mol. The van der Waals surface area contributed by atoms with E-state index in [0.29, 0.717) is 28.9 Å². The summed E-state index contributed by atoms with van der Waals surface area (Å²) in [7, 11) is 1.67. The number of ether oxygens (including phenoxy) is 1. The number of morpholine rings is 1. The Bertz CT molecular complexity index is 1110. The predicted octanol–water partition coefficient (Wildman–Crippen LogP) is 2.71. The topological polar surface area (TPSA) is 77.6 Å². The molecule has 11 heteroatoms. The summed E-state index contributed by atoms with van der Waals surface area (Å²) in [6.07, 6.45) is -2.29. The molecule has 1 aliphatic rings. The fraction of sp³-hybridized carbons (Fsp3) is 0.474. The molecule has 3 aromatic heterocycles. The zero-order valence-corrected chi connectivity index (χ0v) is 16.9. The number of hydrogen-bond donors (Lipinski definition) is 0. The molecule has 4 rings (SSSR count). The molecule has 0 bridgehead atoms. The minimum atomic E-state index is -4.68. The Balaban J connectivity index is 1.87. The third-order valence-electron chi connectivity index (χ3n) is 4.99. The van der Waals surface area contributed by atoms with Crippen LogP contribution in [-0.4, -0.2) is 60.5 Å². The molecular formula is C19H21F3N6O2. The van der Waals surface area contributed by atoms with Gasteiger partial charge in [0, 0.05) is 31.9 Å². The average molecular weight is 422 g/mol. The average Bonchev–Trinajstić information content (AvgIpc) is 3.21. The highest BCUT2D eigenvalue weighted by Gasteiger charge is 2.37. The number of alkyl halides is 3. The Morgan fingerprint density at radius 1 is 1.23 bits per heavy atom. The molecule has 8 nitrogen and oxygen atoms in total. The Morgan fingerprint density at radius 2 is 1.90 bits per heavy atom. The highest BCUT2D eigenvalue weighted by molar-refractivity contribution is 6.00. The standard InChI is InChI=1S/C19H21F3N6O2/c1-10-7-27(8-11(2)30-10)18(29)13-6-23-28-16(19(20,21)22)5-15(24-17(13)28)14-9-26(4)25-12(14)3/h5-6,9-11H,7-8H2,1-4H3. The third kappa shape index (κ3) is 3.53. The number of aromatic nitrogens is 5. The second-order valence-electron chi connectivity index (χ2n) is 7.59. The van der Waals surface area contributed by atoms with Crippen LogP contribution in [0.4, 0.5) is 13.2 Å². The molecule has 0 aliphatic carbocycles. The molecule has 2 atom stereocenters. The second kappa shape index (κ2) is 7.08. The molecule has 2 unspecified atom stereocenters. The van der Waals surface area contributed by atoms with Gasteiger partial charge in [0.1, 0.15) is 5.56 Å². The summed E-state index contributed by atoms with van der Waals surface area (Å²) < 4.78 is 49.1. The van der Waals surface area contributed by atoms with Gasteiger partial charge in [0.25, 0.3) is 5.91 Å². The minimum absolute atomic E-state index is 0.0187. The van der Waals surface area contributed by atoms with Gasteiger partial charge in [0.05, 0.1) is 29.8 Å². The van der Waals surface area contributed by atoms with Crippen molar-refractivity contribution in [2.45, 2.75) is 39.2 Å². The summed E-state index contributed by atoms with van der Waals surface area (Å²) in [5.74, 6) is -0.423. The molecule has 0 spiro atoms. The lowest BCUT2D eigenvalue weighted by atomic mass is 10.1. The largest absolute Gasteiger partial charge is 0.433 e. The molecule has 30 heavy (non-hydrogen) atoms.